The number of nitrogens with zero attached hydrogens (tertiary/aromatic N) is 2. The van der Waals surface area contributed by atoms with Gasteiger partial charge in [0.1, 0.15) is 0 Å². The molecule has 2 amide bonds. The van der Waals surface area contributed by atoms with E-state index >= 15 is 0 Å². The lowest BCUT2D eigenvalue weighted by atomic mass is 10.2. The summed E-state index contributed by atoms with van der Waals surface area (Å²) in [7, 11) is 0. The Balaban J connectivity index is 1.88. The van der Waals surface area contributed by atoms with Crippen LogP contribution in [0.15, 0.2) is 29.9 Å². The first kappa shape index (κ1) is 14.4. The van der Waals surface area contributed by atoms with E-state index in [0.29, 0.717) is 18.1 Å². The molecule has 0 aliphatic rings. The van der Waals surface area contributed by atoms with E-state index in [-0.39, 0.29) is 6.03 Å². The fourth-order valence-electron chi connectivity index (χ4n) is 1.51. The van der Waals surface area contributed by atoms with Gasteiger partial charge in [-0.05, 0) is 25.5 Å². The molecule has 6 nitrogen and oxygen atoms in total. The Bertz CT molecular complexity index is 557. The molecule has 2 heterocycles. The lowest BCUT2D eigenvalue weighted by Crippen LogP contribution is -2.30. The van der Waals surface area contributed by atoms with Crippen LogP contribution < -0.4 is 10.6 Å². The van der Waals surface area contributed by atoms with Crippen LogP contribution in [-0.4, -0.2) is 33.8 Å². The quantitative estimate of drug-likeness (QED) is 0.787. The van der Waals surface area contributed by atoms with Crippen LogP contribution >= 0.6 is 11.3 Å². The van der Waals surface area contributed by atoms with E-state index in [1.165, 1.54) is 11.3 Å². The van der Waals surface area contributed by atoms with E-state index in [1.807, 2.05) is 17.5 Å². The maximum absolute atomic E-state index is 11.6. The lowest BCUT2D eigenvalue weighted by molar-refractivity contribution is 0.184. The summed E-state index contributed by atoms with van der Waals surface area (Å²) in [6, 6.07) is 3.43. The Morgan fingerprint density at radius 3 is 3.10 bits per heavy atom. The molecular weight excluding hydrogens is 276 g/mol. The second kappa shape index (κ2) is 6.97. The van der Waals surface area contributed by atoms with Crippen molar-refractivity contribution in [2.45, 2.75) is 19.4 Å². The second-order valence-electron chi connectivity index (χ2n) is 4.30. The van der Waals surface area contributed by atoms with Gasteiger partial charge in [-0.1, -0.05) is 0 Å². The molecule has 3 N–H and O–H groups in total. The fourth-order valence-corrected chi connectivity index (χ4v) is 2.23. The maximum Gasteiger partial charge on any atom is 0.321 e. The number of carbonyl (C=O) groups excluding carboxylic acids is 1. The molecule has 0 saturated heterocycles. The molecule has 2 aromatic rings. The van der Waals surface area contributed by atoms with E-state index in [2.05, 4.69) is 20.6 Å². The number of thiazole rings is 1. The topological polar surface area (TPSA) is 87.1 Å². The molecule has 2 rings (SSSR count). The molecule has 1 atom stereocenters. The molecule has 106 valence electrons. The van der Waals surface area contributed by atoms with E-state index in [9.17, 15) is 4.79 Å². The largest absolute Gasteiger partial charge is 0.393 e. The van der Waals surface area contributed by atoms with Crippen LogP contribution in [0.4, 0.5) is 9.93 Å². The molecule has 20 heavy (non-hydrogen) atoms. The summed E-state index contributed by atoms with van der Waals surface area (Å²) < 4.78 is 0. The molecule has 0 radical (unpaired) electrons. The minimum atomic E-state index is -0.424. The Kier molecular flexibility index (Phi) is 5.03. The van der Waals surface area contributed by atoms with E-state index in [0.717, 1.165) is 11.3 Å². The van der Waals surface area contributed by atoms with Crippen molar-refractivity contribution < 1.29 is 9.90 Å². The van der Waals surface area contributed by atoms with Gasteiger partial charge in [0, 0.05) is 29.9 Å². The number of aromatic nitrogens is 2. The van der Waals surface area contributed by atoms with Gasteiger partial charge < -0.3 is 10.4 Å². The van der Waals surface area contributed by atoms with E-state index < -0.39 is 6.10 Å². The predicted molar refractivity (Wildman–Crippen MR) is 78.7 cm³/mol. The minimum Gasteiger partial charge on any atom is -0.393 e. The average Bonchev–Trinajstić information content (AvgIpc) is 2.88. The normalized spacial score (nSPS) is 11.9. The van der Waals surface area contributed by atoms with Crippen molar-refractivity contribution in [3.8, 4) is 11.3 Å². The summed E-state index contributed by atoms with van der Waals surface area (Å²) in [6.07, 6.45) is 3.52. The zero-order chi connectivity index (χ0) is 14.4. The third-order valence-corrected chi connectivity index (χ3v) is 3.29. The van der Waals surface area contributed by atoms with Gasteiger partial charge in [-0.15, -0.1) is 11.3 Å². The molecule has 0 saturated carbocycles. The molecule has 0 aliphatic carbocycles. The zero-order valence-electron chi connectivity index (χ0n) is 11.0. The number of rotatable bonds is 5. The van der Waals surface area contributed by atoms with Crippen molar-refractivity contribution in [2.75, 3.05) is 11.9 Å². The number of nitrogens with one attached hydrogen (secondary N) is 2. The Hall–Kier alpha value is -1.99. The molecule has 7 heteroatoms. The van der Waals surface area contributed by atoms with Crippen LogP contribution in [0.5, 0.6) is 0 Å². The van der Waals surface area contributed by atoms with Crippen LogP contribution in [0.25, 0.3) is 11.3 Å². The van der Waals surface area contributed by atoms with Crippen molar-refractivity contribution in [1.82, 2.24) is 15.3 Å². The van der Waals surface area contributed by atoms with E-state index in [1.54, 1.807) is 19.3 Å². The molecular formula is C13H16N4O2S. The number of urea groups is 1. The van der Waals surface area contributed by atoms with Gasteiger partial charge in [0.25, 0.3) is 0 Å². The summed E-state index contributed by atoms with van der Waals surface area (Å²) in [6.45, 7) is 2.10. The van der Waals surface area contributed by atoms with Gasteiger partial charge >= 0.3 is 6.03 Å². The number of amides is 2. The summed E-state index contributed by atoms with van der Waals surface area (Å²) in [5, 5.41) is 16.8. The highest BCUT2D eigenvalue weighted by Crippen LogP contribution is 2.23. The number of hydrogen-bond acceptors (Lipinski definition) is 5. The lowest BCUT2D eigenvalue weighted by Gasteiger charge is -2.06. The molecule has 0 aromatic carbocycles. The SMILES string of the molecule is CC(O)CCNC(=O)Nc1nc(-c2cccnc2)cs1. The van der Waals surface area contributed by atoms with Crippen LogP contribution in [0.3, 0.4) is 0 Å². The number of anilines is 1. The molecule has 0 aliphatic heterocycles. The molecule has 0 spiro atoms. The molecule has 0 fully saturated rings. The van der Waals surface area contributed by atoms with Crippen molar-refractivity contribution in [3.05, 3.63) is 29.9 Å². The first-order chi connectivity index (χ1) is 9.65. The summed E-state index contributed by atoms with van der Waals surface area (Å²) in [4.78, 5) is 19.9. The van der Waals surface area contributed by atoms with Gasteiger partial charge in [-0.25, -0.2) is 9.78 Å². The molecule has 0 bridgehead atoms. The van der Waals surface area contributed by atoms with Gasteiger partial charge in [-0.2, -0.15) is 0 Å². The second-order valence-corrected chi connectivity index (χ2v) is 5.16. The highest BCUT2D eigenvalue weighted by molar-refractivity contribution is 7.14. The summed E-state index contributed by atoms with van der Waals surface area (Å²) >= 11 is 1.35. The zero-order valence-corrected chi connectivity index (χ0v) is 11.9. The summed E-state index contributed by atoms with van der Waals surface area (Å²) in [5.41, 5.74) is 1.69. The maximum atomic E-state index is 11.6. The average molecular weight is 292 g/mol. The number of aliphatic hydroxyl groups is 1. The highest BCUT2D eigenvalue weighted by atomic mass is 32.1. The van der Waals surface area contributed by atoms with Gasteiger partial charge in [0.2, 0.25) is 0 Å². The smallest absolute Gasteiger partial charge is 0.321 e. The first-order valence-corrected chi connectivity index (χ1v) is 7.12. The van der Waals surface area contributed by atoms with Crippen molar-refractivity contribution in [1.29, 1.82) is 0 Å². The minimum absolute atomic E-state index is 0.322. The van der Waals surface area contributed by atoms with Crippen LogP contribution in [-0.2, 0) is 0 Å². The van der Waals surface area contributed by atoms with E-state index in [4.69, 9.17) is 5.11 Å². The number of aliphatic hydroxyl groups excluding tert-OH is 1. The molecule has 1 unspecified atom stereocenters. The number of carbonyl (C=O) groups is 1. The standard InChI is InChI=1S/C13H16N4O2S/c1-9(18)4-6-15-12(19)17-13-16-11(8-20-13)10-3-2-5-14-7-10/h2-3,5,7-9,18H,4,6H2,1H3,(H2,15,16,17,19). The summed E-state index contributed by atoms with van der Waals surface area (Å²) in [5.74, 6) is 0. The Morgan fingerprint density at radius 2 is 2.40 bits per heavy atom. The fraction of sp³-hybridized carbons (Fsp3) is 0.308. The monoisotopic (exact) mass is 292 g/mol. The number of hydrogen-bond donors (Lipinski definition) is 3. The van der Waals surface area contributed by atoms with Crippen LogP contribution in [0, 0.1) is 0 Å². The third kappa shape index (κ3) is 4.29. The van der Waals surface area contributed by atoms with Crippen molar-refractivity contribution >= 4 is 22.5 Å². The van der Waals surface area contributed by atoms with Crippen molar-refractivity contribution in [2.24, 2.45) is 0 Å². The first-order valence-electron chi connectivity index (χ1n) is 6.24. The van der Waals surface area contributed by atoms with Crippen molar-refractivity contribution in [3.63, 3.8) is 0 Å². The van der Waals surface area contributed by atoms with Crippen LogP contribution in [0.2, 0.25) is 0 Å². The Labute approximate surface area is 120 Å². The predicted octanol–water partition coefficient (Wildman–Crippen LogP) is 2.10. The highest BCUT2D eigenvalue weighted by Gasteiger charge is 2.07. The van der Waals surface area contributed by atoms with Gasteiger partial charge in [-0.3, -0.25) is 10.3 Å². The third-order valence-electron chi connectivity index (χ3n) is 2.53. The molecule has 2 aromatic heterocycles. The van der Waals surface area contributed by atoms with Gasteiger partial charge in [0.15, 0.2) is 5.13 Å². The van der Waals surface area contributed by atoms with Gasteiger partial charge in [0.05, 0.1) is 11.8 Å². The Morgan fingerprint density at radius 1 is 1.55 bits per heavy atom. The number of pyridine rings is 1. The van der Waals surface area contributed by atoms with Crippen LogP contribution in [0.1, 0.15) is 13.3 Å².